The van der Waals surface area contributed by atoms with Crippen LogP contribution in [0.3, 0.4) is 0 Å². The minimum absolute atomic E-state index is 0.0359. The fraction of sp³-hybridized carbons (Fsp3) is 0.286. The van der Waals surface area contributed by atoms with Crippen LogP contribution in [0.25, 0.3) is 5.69 Å². The second-order valence-corrected chi connectivity index (χ2v) is 7.76. The van der Waals surface area contributed by atoms with Crippen molar-refractivity contribution in [3.63, 3.8) is 0 Å². The number of carbonyl (C=O) groups excluding carboxylic acids is 1. The topological polar surface area (TPSA) is 59.8 Å². The van der Waals surface area contributed by atoms with Crippen molar-refractivity contribution in [3.8, 4) is 5.69 Å². The molecule has 0 spiro atoms. The van der Waals surface area contributed by atoms with Crippen molar-refractivity contribution < 1.29 is 9.18 Å². The number of amides is 1. The number of hydrogen-bond donors (Lipinski definition) is 1. The molecule has 3 rings (SSSR count). The van der Waals surface area contributed by atoms with E-state index in [1.54, 1.807) is 22.8 Å². The van der Waals surface area contributed by atoms with Crippen LogP contribution in [-0.2, 0) is 4.79 Å². The lowest BCUT2D eigenvalue weighted by atomic mass is 10.0. The van der Waals surface area contributed by atoms with Gasteiger partial charge in [-0.3, -0.25) is 9.36 Å². The highest BCUT2D eigenvalue weighted by Gasteiger charge is 2.22. The second kappa shape index (κ2) is 9.50. The van der Waals surface area contributed by atoms with E-state index in [4.69, 9.17) is 0 Å². The number of thioether (sulfide) groups is 1. The van der Waals surface area contributed by atoms with Gasteiger partial charge in [0.15, 0.2) is 5.16 Å². The van der Waals surface area contributed by atoms with Gasteiger partial charge in [0.1, 0.15) is 12.1 Å². The third kappa shape index (κ3) is 4.78. The lowest BCUT2D eigenvalue weighted by molar-refractivity contribution is -0.121. The van der Waals surface area contributed by atoms with E-state index in [0.717, 1.165) is 18.4 Å². The van der Waals surface area contributed by atoms with E-state index in [2.05, 4.69) is 22.4 Å². The summed E-state index contributed by atoms with van der Waals surface area (Å²) < 4.78 is 15.7. The van der Waals surface area contributed by atoms with Crippen molar-refractivity contribution in [1.29, 1.82) is 0 Å². The molecule has 28 heavy (non-hydrogen) atoms. The van der Waals surface area contributed by atoms with Gasteiger partial charge in [-0.1, -0.05) is 67.6 Å². The molecule has 2 aromatic carbocycles. The predicted molar refractivity (Wildman–Crippen MR) is 109 cm³/mol. The van der Waals surface area contributed by atoms with E-state index in [1.807, 2.05) is 37.3 Å². The van der Waals surface area contributed by atoms with Crippen molar-refractivity contribution >= 4 is 17.7 Å². The number of hydrogen-bond acceptors (Lipinski definition) is 4. The number of nitrogens with one attached hydrogen (secondary N) is 1. The Bertz CT molecular complexity index is 916. The number of rotatable bonds is 8. The normalized spacial score (nSPS) is 13.1. The molecule has 1 amide bonds. The number of halogens is 1. The number of carbonyl (C=O) groups is 1. The first-order valence-corrected chi connectivity index (χ1v) is 10.1. The molecule has 0 aliphatic rings. The van der Waals surface area contributed by atoms with Gasteiger partial charge in [-0.2, -0.15) is 0 Å². The van der Waals surface area contributed by atoms with Crippen molar-refractivity contribution in [2.75, 3.05) is 0 Å². The SMILES string of the molecule is CCC[C@H](NC(=O)[C@@H](C)Sc1nncn1-c1ccccc1F)c1ccccc1. The summed E-state index contributed by atoms with van der Waals surface area (Å²) in [5.41, 5.74) is 1.44. The van der Waals surface area contributed by atoms with Gasteiger partial charge in [-0.25, -0.2) is 4.39 Å². The highest BCUT2D eigenvalue weighted by molar-refractivity contribution is 8.00. The molecule has 2 atom stereocenters. The van der Waals surface area contributed by atoms with Crippen molar-refractivity contribution in [3.05, 3.63) is 72.3 Å². The molecule has 0 radical (unpaired) electrons. The third-order valence-electron chi connectivity index (χ3n) is 4.38. The summed E-state index contributed by atoms with van der Waals surface area (Å²) in [6, 6.07) is 16.3. The van der Waals surface area contributed by atoms with Gasteiger partial charge in [0.25, 0.3) is 0 Å². The molecule has 0 unspecified atom stereocenters. The molecular formula is C21H23FN4OS. The zero-order chi connectivity index (χ0) is 19.9. The number of nitrogens with zero attached hydrogens (tertiary/aromatic N) is 3. The standard InChI is InChI=1S/C21H23FN4OS/c1-3-9-18(16-10-5-4-6-11-16)24-20(27)15(2)28-21-25-23-14-26(21)19-13-8-7-12-17(19)22/h4-8,10-15,18H,3,9H2,1-2H3,(H,24,27)/t15-,18+/m1/s1. The lowest BCUT2D eigenvalue weighted by Crippen LogP contribution is -2.34. The van der Waals surface area contributed by atoms with Gasteiger partial charge >= 0.3 is 0 Å². The first-order chi connectivity index (χ1) is 13.6. The molecule has 0 bridgehead atoms. The van der Waals surface area contributed by atoms with Crippen LogP contribution >= 0.6 is 11.8 Å². The monoisotopic (exact) mass is 398 g/mol. The summed E-state index contributed by atoms with van der Waals surface area (Å²) in [5, 5.41) is 11.1. The van der Waals surface area contributed by atoms with Crippen molar-refractivity contribution in [2.45, 2.75) is 43.1 Å². The Balaban J connectivity index is 1.71. The first kappa shape index (κ1) is 20.1. The average molecular weight is 399 g/mol. The molecule has 0 aliphatic heterocycles. The maximum Gasteiger partial charge on any atom is 0.233 e. The van der Waals surface area contributed by atoms with Crippen LogP contribution in [0.1, 0.15) is 38.3 Å². The van der Waals surface area contributed by atoms with E-state index >= 15 is 0 Å². The van der Waals surface area contributed by atoms with Gasteiger partial charge in [0.2, 0.25) is 5.91 Å². The first-order valence-electron chi connectivity index (χ1n) is 9.27. The summed E-state index contributed by atoms with van der Waals surface area (Å²) in [5.74, 6) is -0.455. The Morgan fingerprint density at radius 1 is 1.18 bits per heavy atom. The van der Waals surface area contributed by atoms with Crippen molar-refractivity contribution in [2.24, 2.45) is 0 Å². The van der Waals surface area contributed by atoms with E-state index in [9.17, 15) is 9.18 Å². The minimum Gasteiger partial charge on any atom is -0.348 e. The molecule has 0 saturated carbocycles. The number of aromatic nitrogens is 3. The fourth-order valence-electron chi connectivity index (χ4n) is 2.91. The summed E-state index contributed by atoms with van der Waals surface area (Å²) in [6.07, 6.45) is 3.27. The number of para-hydroxylation sites is 1. The minimum atomic E-state index is -0.405. The lowest BCUT2D eigenvalue weighted by Gasteiger charge is -2.21. The summed E-state index contributed by atoms with van der Waals surface area (Å²) in [4.78, 5) is 12.8. The zero-order valence-electron chi connectivity index (χ0n) is 15.9. The maximum absolute atomic E-state index is 14.1. The van der Waals surface area contributed by atoms with E-state index in [0.29, 0.717) is 10.8 Å². The largest absolute Gasteiger partial charge is 0.348 e. The van der Waals surface area contributed by atoms with Crippen LogP contribution in [0.15, 0.2) is 66.1 Å². The molecule has 1 aromatic heterocycles. The Morgan fingerprint density at radius 2 is 1.89 bits per heavy atom. The Kier molecular flexibility index (Phi) is 6.81. The molecular weight excluding hydrogens is 375 g/mol. The predicted octanol–water partition coefficient (Wildman–Crippen LogP) is 4.54. The van der Waals surface area contributed by atoms with Crippen LogP contribution in [0.5, 0.6) is 0 Å². The average Bonchev–Trinajstić information content (AvgIpc) is 3.16. The second-order valence-electron chi connectivity index (χ2n) is 6.46. The van der Waals surface area contributed by atoms with E-state index < -0.39 is 5.25 Å². The summed E-state index contributed by atoms with van der Waals surface area (Å²) in [6.45, 7) is 3.91. The molecule has 5 nitrogen and oxygen atoms in total. The van der Waals surface area contributed by atoms with Gasteiger partial charge in [0.05, 0.1) is 17.0 Å². The van der Waals surface area contributed by atoms with E-state index in [-0.39, 0.29) is 17.8 Å². The summed E-state index contributed by atoms with van der Waals surface area (Å²) in [7, 11) is 0. The van der Waals surface area contributed by atoms with Gasteiger partial charge in [-0.15, -0.1) is 10.2 Å². The molecule has 7 heteroatoms. The number of benzene rings is 2. The molecule has 146 valence electrons. The molecule has 1 heterocycles. The van der Waals surface area contributed by atoms with Crippen LogP contribution < -0.4 is 5.32 Å². The van der Waals surface area contributed by atoms with Gasteiger partial charge in [0, 0.05) is 0 Å². The molecule has 3 aromatic rings. The Hall–Kier alpha value is -2.67. The van der Waals surface area contributed by atoms with Crippen LogP contribution in [0.2, 0.25) is 0 Å². The van der Waals surface area contributed by atoms with E-state index in [1.165, 1.54) is 24.2 Å². The smallest absolute Gasteiger partial charge is 0.233 e. The Labute approximate surface area is 168 Å². The van der Waals surface area contributed by atoms with Gasteiger partial charge in [-0.05, 0) is 31.0 Å². The van der Waals surface area contributed by atoms with Gasteiger partial charge < -0.3 is 5.32 Å². The van der Waals surface area contributed by atoms with Crippen molar-refractivity contribution in [1.82, 2.24) is 20.1 Å². The maximum atomic E-state index is 14.1. The van der Waals surface area contributed by atoms with Crippen LogP contribution in [0, 0.1) is 5.82 Å². The quantitative estimate of drug-likeness (QED) is 0.566. The molecule has 0 aliphatic carbocycles. The highest BCUT2D eigenvalue weighted by atomic mass is 32.2. The van der Waals surface area contributed by atoms with Crippen LogP contribution in [-0.4, -0.2) is 25.9 Å². The summed E-state index contributed by atoms with van der Waals surface area (Å²) >= 11 is 1.25. The fourth-order valence-corrected chi connectivity index (χ4v) is 3.76. The van der Waals surface area contributed by atoms with Crippen LogP contribution in [0.4, 0.5) is 4.39 Å². The highest BCUT2D eigenvalue weighted by Crippen LogP contribution is 2.26. The Morgan fingerprint density at radius 3 is 2.61 bits per heavy atom. The third-order valence-corrected chi connectivity index (χ3v) is 5.43. The zero-order valence-corrected chi connectivity index (χ0v) is 16.7. The molecule has 1 N–H and O–H groups in total. The molecule has 0 fully saturated rings. The molecule has 0 saturated heterocycles.